The minimum Gasteiger partial charge on any atom is -0.379 e. The van der Waals surface area contributed by atoms with E-state index in [4.69, 9.17) is 11.2 Å². The Hall–Kier alpha value is -4.17. The molecule has 1 aliphatic heterocycles. The van der Waals surface area contributed by atoms with Gasteiger partial charge in [0.2, 0.25) is 11.8 Å². The summed E-state index contributed by atoms with van der Waals surface area (Å²) in [7, 11) is 2.97. The van der Waals surface area contributed by atoms with Crippen LogP contribution in [0.25, 0.3) is 10.9 Å². The van der Waals surface area contributed by atoms with Gasteiger partial charge in [-0.2, -0.15) is 23.5 Å². The number of carbonyl (C=O) groups is 3. The van der Waals surface area contributed by atoms with Crippen molar-refractivity contribution >= 4 is 28.6 Å². The zero-order chi connectivity index (χ0) is 31.9. The van der Waals surface area contributed by atoms with Gasteiger partial charge in [-0.3, -0.25) is 24.0 Å². The maximum absolute atomic E-state index is 13.6. The highest BCUT2D eigenvalue weighted by Crippen LogP contribution is 2.65. The van der Waals surface area contributed by atoms with E-state index in [1.54, 1.807) is 29.4 Å². The number of terminal acetylenes is 1. The van der Waals surface area contributed by atoms with E-state index in [0.29, 0.717) is 18.5 Å². The van der Waals surface area contributed by atoms with Crippen LogP contribution in [-0.2, 0) is 32.6 Å². The first-order valence-corrected chi connectivity index (χ1v) is 13.8. The number of hydrogen-bond donors (Lipinski definition) is 2. The van der Waals surface area contributed by atoms with Crippen LogP contribution in [0.3, 0.4) is 0 Å². The molecule has 2 aromatic rings. The molecule has 1 saturated heterocycles. The van der Waals surface area contributed by atoms with Crippen molar-refractivity contribution in [2.75, 3.05) is 13.7 Å². The maximum atomic E-state index is 13.6. The molecule has 230 valence electrons. The van der Waals surface area contributed by atoms with E-state index >= 15 is 0 Å². The molecule has 2 aliphatic rings. The molecule has 2 aromatic heterocycles. The van der Waals surface area contributed by atoms with E-state index in [2.05, 4.69) is 27.4 Å². The molecule has 43 heavy (non-hydrogen) atoms. The lowest BCUT2D eigenvalue weighted by Gasteiger charge is -2.34. The summed E-state index contributed by atoms with van der Waals surface area (Å²) in [6.45, 7) is 5.38. The molecule has 11 nitrogen and oxygen atoms in total. The fourth-order valence-corrected chi connectivity index (χ4v) is 6.21. The number of nitriles is 1. The lowest BCUT2D eigenvalue weighted by molar-refractivity contribution is -0.176. The number of hydrogen-bond acceptors (Lipinski definition) is 7. The molecule has 3 heterocycles. The summed E-state index contributed by atoms with van der Waals surface area (Å²) in [5, 5.41) is 19.4. The Morgan fingerprint density at radius 3 is 2.58 bits per heavy atom. The van der Waals surface area contributed by atoms with E-state index in [-0.39, 0.29) is 30.2 Å². The molecule has 2 fully saturated rings. The standard InChI is InChI=1S/C29H34F3N7O4/c1-7-19-21-16(12-34-13-20(21)38(5)37-19)9-8-10-17(11-33)35-25(40)24-22-18(28(22,3)4)14-39(24)26(41)23(15(2)43-6)36-27(42)29(30,31)32/h1,12-13,15,17-18,22-24H,8-10,14H2,2-6H3,(H,35,40)(H,36,42)/t15-,17?,18+,22+,23+,24+/m1/s1. The maximum Gasteiger partial charge on any atom is 0.471 e. The topological polar surface area (TPSA) is 142 Å². The Morgan fingerprint density at radius 2 is 1.98 bits per heavy atom. The van der Waals surface area contributed by atoms with E-state index in [1.807, 2.05) is 13.8 Å². The molecule has 2 N–H and O–H groups in total. The number of ether oxygens (including phenoxy) is 1. The number of rotatable bonds is 10. The minimum atomic E-state index is -5.21. The molecule has 0 aromatic carbocycles. The van der Waals surface area contributed by atoms with Crippen molar-refractivity contribution in [3.63, 3.8) is 0 Å². The lowest BCUT2D eigenvalue weighted by Crippen LogP contribution is -2.60. The Bertz CT molecular complexity index is 1510. The number of aromatic nitrogens is 3. The van der Waals surface area contributed by atoms with Gasteiger partial charge < -0.3 is 20.3 Å². The average Bonchev–Trinajstić information content (AvgIpc) is 3.27. The highest BCUT2D eigenvalue weighted by Gasteiger charge is 2.69. The zero-order valence-corrected chi connectivity index (χ0v) is 24.5. The summed E-state index contributed by atoms with van der Waals surface area (Å²) in [4.78, 5) is 44.3. The van der Waals surface area contributed by atoms with E-state index < -0.39 is 48.1 Å². The molecule has 0 spiro atoms. The normalized spacial score (nSPS) is 22.6. The van der Waals surface area contributed by atoms with Crippen LogP contribution in [0.5, 0.6) is 0 Å². The van der Waals surface area contributed by atoms with Crippen molar-refractivity contribution in [2.45, 2.75) is 70.4 Å². The van der Waals surface area contributed by atoms with Gasteiger partial charge in [0.15, 0.2) is 0 Å². The predicted molar refractivity (Wildman–Crippen MR) is 148 cm³/mol. The van der Waals surface area contributed by atoms with Gasteiger partial charge in [0.25, 0.3) is 0 Å². The van der Waals surface area contributed by atoms with Crippen molar-refractivity contribution in [1.82, 2.24) is 30.3 Å². The van der Waals surface area contributed by atoms with Crippen molar-refractivity contribution in [3.05, 3.63) is 23.7 Å². The zero-order valence-electron chi connectivity index (χ0n) is 24.5. The van der Waals surface area contributed by atoms with Crippen LogP contribution in [0.2, 0.25) is 0 Å². The Labute approximate surface area is 247 Å². The molecule has 3 amide bonds. The number of amides is 3. The van der Waals surface area contributed by atoms with E-state index in [9.17, 15) is 32.8 Å². The summed E-state index contributed by atoms with van der Waals surface area (Å²) >= 11 is 0. The quantitative estimate of drug-likeness (QED) is 0.396. The van der Waals surface area contributed by atoms with Crippen LogP contribution in [0.15, 0.2) is 12.4 Å². The molecule has 4 rings (SSSR count). The molecule has 1 saturated carbocycles. The number of methoxy groups -OCH3 is 1. The largest absolute Gasteiger partial charge is 0.471 e. The van der Waals surface area contributed by atoms with Crippen molar-refractivity contribution in [3.8, 4) is 18.4 Å². The number of carbonyl (C=O) groups excluding carboxylic acids is 3. The van der Waals surface area contributed by atoms with Crippen LogP contribution in [0.4, 0.5) is 13.2 Å². The fraction of sp³-hybridized carbons (Fsp3) is 0.586. The number of pyridine rings is 1. The molecule has 6 atom stereocenters. The third-order valence-electron chi connectivity index (χ3n) is 8.80. The molecule has 0 bridgehead atoms. The second kappa shape index (κ2) is 11.8. The van der Waals surface area contributed by atoms with Gasteiger partial charge in [0.05, 0.1) is 23.9 Å². The Kier molecular flexibility index (Phi) is 8.75. The number of halogens is 3. The summed E-state index contributed by atoms with van der Waals surface area (Å²) in [5.74, 6) is -1.46. The van der Waals surface area contributed by atoms with Crippen molar-refractivity contribution in [2.24, 2.45) is 24.3 Å². The first-order valence-electron chi connectivity index (χ1n) is 13.8. The molecular formula is C29H34F3N7O4. The third-order valence-corrected chi connectivity index (χ3v) is 8.80. The van der Waals surface area contributed by atoms with Crippen LogP contribution in [0.1, 0.15) is 44.9 Å². The number of nitrogens with one attached hydrogen (secondary N) is 2. The molecule has 1 aliphatic carbocycles. The molecule has 1 unspecified atom stereocenters. The number of aryl methyl sites for hydroxylation is 2. The number of fused-ring (bicyclic) bond motifs is 2. The second-order valence-electron chi connectivity index (χ2n) is 11.7. The smallest absolute Gasteiger partial charge is 0.379 e. The summed E-state index contributed by atoms with van der Waals surface area (Å²) in [5.41, 5.74) is 1.83. The number of likely N-dealkylation sites (tertiary alicyclic amines) is 1. The Morgan fingerprint density at radius 1 is 1.28 bits per heavy atom. The summed E-state index contributed by atoms with van der Waals surface area (Å²) < 4.78 is 45.8. The van der Waals surface area contributed by atoms with Gasteiger partial charge in [0.1, 0.15) is 23.8 Å². The summed E-state index contributed by atoms with van der Waals surface area (Å²) in [6.07, 6.45) is 3.96. The minimum absolute atomic E-state index is 0.0672. The number of nitrogens with zero attached hydrogens (tertiary/aromatic N) is 5. The van der Waals surface area contributed by atoms with Gasteiger partial charge in [-0.05, 0) is 54.9 Å². The van der Waals surface area contributed by atoms with E-state index in [0.717, 1.165) is 16.5 Å². The molecule has 0 radical (unpaired) electrons. The van der Waals surface area contributed by atoms with Crippen molar-refractivity contribution in [1.29, 1.82) is 5.26 Å². The van der Waals surface area contributed by atoms with E-state index in [1.165, 1.54) is 18.9 Å². The highest BCUT2D eigenvalue weighted by molar-refractivity contribution is 5.95. The second-order valence-corrected chi connectivity index (χ2v) is 11.7. The SMILES string of the molecule is C#Cc1nn(C)c2cncc(CCCC(C#N)NC(=O)[C@@H]3[C@@H]4[C@H](CN3C(=O)[C@@H](NC(=O)C(F)(F)F)[C@@H](C)OC)C4(C)C)c12. The monoisotopic (exact) mass is 601 g/mol. The van der Waals surface area contributed by atoms with Crippen LogP contribution >= 0.6 is 0 Å². The van der Waals surface area contributed by atoms with Gasteiger partial charge in [-0.15, -0.1) is 6.42 Å². The van der Waals surface area contributed by atoms with Gasteiger partial charge in [0, 0.05) is 32.3 Å². The van der Waals surface area contributed by atoms with Crippen LogP contribution < -0.4 is 10.6 Å². The first-order chi connectivity index (χ1) is 20.2. The van der Waals surface area contributed by atoms with Gasteiger partial charge >= 0.3 is 12.1 Å². The lowest BCUT2D eigenvalue weighted by atomic mass is 9.98. The highest BCUT2D eigenvalue weighted by atomic mass is 19.4. The number of piperidine rings is 1. The Balaban J connectivity index is 1.47. The number of alkyl halides is 3. The average molecular weight is 602 g/mol. The third kappa shape index (κ3) is 6.02. The van der Waals surface area contributed by atoms with Gasteiger partial charge in [-0.1, -0.05) is 13.8 Å². The van der Waals surface area contributed by atoms with Crippen molar-refractivity contribution < 1.29 is 32.3 Å². The van der Waals surface area contributed by atoms with Gasteiger partial charge in [-0.25, -0.2) is 0 Å². The van der Waals surface area contributed by atoms with Crippen LogP contribution in [0, 0.1) is 40.9 Å². The molecule has 14 heteroatoms. The fourth-order valence-electron chi connectivity index (χ4n) is 6.21. The predicted octanol–water partition coefficient (Wildman–Crippen LogP) is 1.85. The van der Waals surface area contributed by atoms with Crippen LogP contribution in [-0.4, -0.2) is 81.4 Å². The summed E-state index contributed by atoms with van der Waals surface area (Å²) in [6, 6.07) is -1.49. The molecular weight excluding hydrogens is 567 g/mol. The first kappa shape index (κ1) is 31.8.